The van der Waals surface area contributed by atoms with E-state index >= 15 is 0 Å². The quantitative estimate of drug-likeness (QED) is 0.527. The Morgan fingerprint density at radius 2 is 1.52 bits per heavy atom. The van der Waals surface area contributed by atoms with Crippen molar-refractivity contribution in [2.45, 2.75) is 12.3 Å². The molecule has 0 amide bonds. The summed E-state index contributed by atoms with van der Waals surface area (Å²) < 4.78 is 9.05. The summed E-state index contributed by atoms with van der Waals surface area (Å²) >= 11 is 5.80. The van der Waals surface area contributed by atoms with E-state index in [0.717, 1.165) is 9.75 Å². The zero-order valence-corrected chi connectivity index (χ0v) is 16.8. The Balaban J connectivity index is 0.000000251. The van der Waals surface area contributed by atoms with E-state index in [1.165, 1.54) is 36.9 Å². The number of rotatable bonds is 3. The van der Waals surface area contributed by atoms with Crippen LogP contribution in [0.4, 0.5) is 0 Å². The second kappa shape index (κ2) is 9.94. The molecular weight excluding hydrogens is 428 g/mol. The van der Waals surface area contributed by atoms with Crippen LogP contribution in [0.1, 0.15) is 40.2 Å². The van der Waals surface area contributed by atoms with Crippen LogP contribution in [0.3, 0.4) is 0 Å². The Morgan fingerprint density at radius 3 is 1.96 bits per heavy atom. The lowest BCUT2D eigenvalue weighted by Crippen LogP contribution is -1.99. The number of nitriles is 2. The topological polar surface area (TPSA) is 100 Å². The number of alkyl halides is 1. The van der Waals surface area contributed by atoms with Crippen molar-refractivity contribution < 1.29 is 19.1 Å². The summed E-state index contributed by atoms with van der Waals surface area (Å²) in [6, 6.07) is 7.26. The third-order valence-electron chi connectivity index (χ3n) is 2.75. The van der Waals surface area contributed by atoms with Gasteiger partial charge < -0.3 is 9.47 Å². The molecule has 0 fully saturated rings. The van der Waals surface area contributed by atoms with Crippen molar-refractivity contribution in [2.75, 3.05) is 14.2 Å². The zero-order chi connectivity index (χ0) is 19.0. The number of methoxy groups -OCH3 is 2. The highest BCUT2D eigenvalue weighted by molar-refractivity contribution is 9.08. The Bertz CT molecular complexity index is 859. The lowest BCUT2D eigenvalue weighted by molar-refractivity contribution is 0.0597. The highest BCUT2D eigenvalue weighted by atomic mass is 79.9. The van der Waals surface area contributed by atoms with Crippen LogP contribution in [0.15, 0.2) is 12.1 Å². The predicted octanol–water partition coefficient (Wildman–Crippen LogP) is 4.02. The molecule has 25 heavy (non-hydrogen) atoms. The summed E-state index contributed by atoms with van der Waals surface area (Å²) in [7, 11) is 2.61. The average Bonchev–Trinajstić information content (AvgIpc) is 3.23. The minimum atomic E-state index is -0.450. The summed E-state index contributed by atoms with van der Waals surface area (Å²) in [5.41, 5.74) is 0.774. The van der Waals surface area contributed by atoms with Crippen LogP contribution in [-0.2, 0) is 14.8 Å². The molecule has 0 saturated carbocycles. The standard InChI is InChI=1S/C8H6BrNO2S.C8H7NO2S/c1-12-8(11)7-5(4-10)2-6(3-9)13-7;1-5-3-6(4-9)7(12-5)8(10)11-2/h2H,3H2,1H3;3H,1-2H3. The van der Waals surface area contributed by atoms with Crippen LogP contribution in [0.25, 0.3) is 0 Å². The van der Waals surface area contributed by atoms with Gasteiger partial charge in [-0.05, 0) is 19.1 Å². The number of aryl methyl sites for hydroxylation is 1. The van der Waals surface area contributed by atoms with E-state index in [1.807, 2.05) is 19.1 Å². The summed E-state index contributed by atoms with van der Waals surface area (Å²) in [6.45, 7) is 1.85. The molecular formula is C16H13BrN2O4S2. The maximum absolute atomic E-state index is 11.1. The van der Waals surface area contributed by atoms with Crippen molar-refractivity contribution in [3.63, 3.8) is 0 Å². The van der Waals surface area contributed by atoms with Crippen molar-refractivity contribution in [1.82, 2.24) is 0 Å². The first kappa shape index (κ1) is 20.8. The average molecular weight is 441 g/mol. The fraction of sp³-hybridized carbons (Fsp3) is 0.250. The van der Waals surface area contributed by atoms with Crippen molar-refractivity contribution in [3.8, 4) is 12.1 Å². The number of esters is 2. The number of hydrogen-bond donors (Lipinski definition) is 0. The first-order valence-corrected chi connectivity index (χ1v) is 9.43. The minimum Gasteiger partial charge on any atom is -0.465 e. The highest BCUT2D eigenvalue weighted by Crippen LogP contribution is 2.24. The Hall–Kier alpha value is -2.20. The molecule has 6 nitrogen and oxygen atoms in total. The first-order valence-electron chi connectivity index (χ1n) is 6.67. The highest BCUT2D eigenvalue weighted by Gasteiger charge is 2.16. The fourth-order valence-corrected chi connectivity index (χ4v) is 3.94. The van der Waals surface area contributed by atoms with Gasteiger partial charge in [-0.2, -0.15) is 10.5 Å². The van der Waals surface area contributed by atoms with Gasteiger partial charge in [0.25, 0.3) is 0 Å². The molecule has 0 atom stereocenters. The van der Waals surface area contributed by atoms with Gasteiger partial charge in [-0.3, -0.25) is 0 Å². The normalized spacial score (nSPS) is 9.20. The molecule has 2 aromatic heterocycles. The summed E-state index contributed by atoms with van der Waals surface area (Å²) in [6.07, 6.45) is 0. The van der Waals surface area contributed by atoms with Crippen LogP contribution in [0, 0.1) is 29.6 Å². The maximum atomic E-state index is 11.1. The largest absolute Gasteiger partial charge is 0.465 e. The van der Waals surface area contributed by atoms with Crippen LogP contribution in [0.5, 0.6) is 0 Å². The van der Waals surface area contributed by atoms with E-state index < -0.39 is 11.9 Å². The third-order valence-corrected chi connectivity index (χ3v) is 5.87. The molecule has 0 saturated heterocycles. The van der Waals surface area contributed by atoms with Crippen molar-refractivity contribution >= 4 is 50.5 Å². The number of thiophene rings is 2. The number of hydrogen-bond acceptors (Lipinski definition) is 8. The molecule has 9 heteroatoms. The van der Waals surface area contributed by atoms with Gasteiger partial charge in [-0.15, -0.1) is 22.7 Å². The summed E-state index contributed by atoms with van der Waals surface area (Å²) in [5.74, 6) is -0.890. The van der Waals surface area contributed by atoms with Gasteiger partial charge in [0.15, 0.2) is 0 Å². The van der Waals surface area contributed by atoms with Crippen LogP contribution < -0.4 is 0 Å². The number of nitrogens with zero attached hydrogens (tertiary/aromatic N) is 2. The van der Waals surface area contributed by atoms with Gasteiger partial charge in [0.2, 0.25) is 0 Å². The van der Waals surface area contributed by atoms with Crippen molar-refractivity contribution in [3.05, 3.63) is 42.8 Å². The minimum absolute atomic E-state index is 0.374. The van der Waals surface area contributed by atoms with Gasteiger partial charge in [0, 0.05) is 15.1 Å². The van der Waals surface area contributed by atoms with Gasteiger partial charge in [-0.1, -0.05) is 15.9 Å². The van der Waals surface area contributed by atoms with Crippen molar-refractivity contribution in [2.24, 2.45) is 0 Å². The van der Waals surface area contributed by atoms with Crippen LogP contribution in [0.2, 0.25) is 0 Å². The summed E-state index contributed by atoms with van der Waals surface area (Å²) in [4.78, 5) is 24.8. The molecule has 0 aliphatic heterocycles. The molecule has 2 rings (SSSR count). The van der Waals surface area contributed by atoms with Gasteiger partial charge in [0.1, 0.15) is 21.9 Å². The zero-order valence-electron chi connectivity index (χ0n) is 13.6. The molecule has 0 aliphatic carbocycles. The number of halogens is 1. The predicted molar refractivity (Wildman–Crippen MR) is 98.1 cm³/mol. The smallest absolute Gasteiger partial charge is 0.349 e. The van der Waals surface area contributed by atoms with Crippen molar-refractivity contribution in [1.29, 1.82) is 10.5 Å². The summed E-state index contributed by atoms with van der Waals surface area (Å²) in [5, 5.41) is 18.0. The van der Waals surface area contributed by atoms with E-state index in [1.54, 1.807) is 12.1 Å². The third kappa shape index (κ3) is 5.40. The van der Waals surface area contributed by atoms with Crippen LogP contribution >= 0.6 is 38.6 Å². The lowest BCUT2D eigenvalue weighted by atomic mass is 10.2. The Labute approximate surface area is 161 Å². The van der Waals surface area contributed by atoms with E-state index in [2.05, 4.69) is 25.4 Å². The number of carbonyl (C=O) groups excluding carboxylic acids is 2. The molecule has 0 unspecified atom stereocenters. The second-order valence-corrected chi connectivity index (χ2v) is 7.35. The number of ether oxygens (including phenoxy) is 2. The second-order valence-electron chi connectivity index (χ2n) is 4.40. The molecule has 0 bridgehead atoms. The molecule has 2 aromatic rings. The molecule has 0 N–H and O–H groups in total. The van der Waals surface area contributed by atoms with Gasteiger partial charge >= 0.3 is 11.9 Å². The van der Waals surface area contributed by atoms with E-state index in [4.69, 9.17) is 10.5 Å². The van der Waals surface area contributed by atoms with Gasteiger partial charge in [0.05, 0.1) is 25.3 Å². The van der Waals surface area contributed by atoms with Crippen LogP contribution in [-0.4, -0.2) is 26.2 Å². The molecule has 130 valence electrons. The first-order chi connectivity index (χ1) is 11.9. The monoisotopic (exact) mass is 440 g/mol. The SMILES string of the molecule is COC(=O)c1sc(C)cc1C#N.COC(=O)c1sc(CBr)cc1C#N. The molecule has 0 radical (unpaired) electrons. The Morgan fingerprint density at radius 1 is 1.04 bits per heavy atom. The molecule has 0 spiro atoms. The fourth-order valence-electron chi connectivity index (χ4n) is 1.68. The van der Waals surface area contributed by atoms with E-state index in [9.17, 15) is 9.59 Å². The van der Waals surface area contributed by atoms with E-state index in [0.29, 0.717) is 26.2 Å². The maximum Gasteiger partial charge on any atom is 0.349 e. The molecule has 0 aromatic carbocycles. The van der Waals surface area contributed by atoms with Gasteiger partial charge in [-0.25, -0.2) is 9.59 Å². The lowest BCUT2D eigenvalue weighted by Gasteiger charge is -1.93. The van der Waals surface area contributed by atoms with E-state index in [-0.39, 0.29) is 0 Å². The molecule has 2 heterocycles. The Kier molecular flexibility index (Phi) is 8.29. The number of carbonyl (C=O) groups is 2. The molecule has 0 aliphatic rings.